The Bertz CT molecular complexity index is 326. The van der Waals surface area contributed by atoms with E-state index in [0.29, 0.717) is 13.0 Å². The monoisotopic (exact) mass is 241 g/mol. The van der Waals surface area contributed by atoms with Gasteiger partial charge in [-0.1, -0.05) is 13.3 Å². The molecule has 2 unspecified atom stereocenters. The highest BCUT2D eigenvalue weighted by Crippen LogP contribution is 2.12. The minimum atomic E-state index is -0.699. The molecule has 6 heteroatoms. The third-order valence-corrected chi connectivity index (χ3v) is 3.10. The number of nitrogens with two attached hydrogens (primary N) is 1. The van der Waals surface area contributed by atoms with Crippen LogP contribution in [0.1, 0.15) is 26.2 Å². The number of amides is 3. The quantitative estimate of drug-likeness (QED) is 0.618. The lowest BCUT2D eigenvalue weighted by atomic mass is 10.0. The summed E-state index contributed by atoms with van der Waals surface area (Å²) in [4.78, 5) is 35.5. The van der Waals surface area contributed by atoms with E-state index < -0.39 is 6.04 Å². The van der Waals surface area contributed by atoms with E-state index in [1.807, 2.05) is 6.92 Å². The summed E-state index contributed by atoms with van der Waals surface area (Å²) in [6.45, 7) is 2.41. The summed E-state index contributed by atoms with van der Waals surface area (Å²) in [5, 5.41) is 2.58. The summed E-state index contributed by atoms with van der Waals surface area (Å²) in [6, 6.07) is -0.699. The molecule has 0 aromatic carbocycles. The van der Waals surface area contributed by atoms with E-state index in [1.54, 1.807) is 0 Å². The molecule has 3 N–H and O–H groups in total. The van der Waals surface area contributed by atoms with Gasteiger partial charge in [-0.2, -0.15) is 0 Å². The van der Waals surface area contributed by atoms with Crippen LogP contribution in [0.3, 0.4) is 0 Å². The Morgan fingerprint density at radius 3 is 2.65 bits per heavy atom. The van der Waals surface area contributed by atoms with Crippen LogP contribution < -0.4 is 11.1 Å². The molecular formula is C11H19N3O3. The molecule has 0 aromatic rings. The number of carbonyl (C=O) groups excluding carboxylic acids is 3. The maximum Gasteiger partial charge on any atom is 0.252 e. The minimum Gasteiger partial charge on any atom is -0.344 e. The lowest BCUT2D eigenvalue weighted by Gasteiger charge is -2.14. The molecule has 96 valence electrons. The summed E-state index contributed by atoms with van der Waals surface area (Å²) in [5.74, 6) is -0.695. The van der Waals surface area contributed by atoms with Gasteiger partial charge in [-0.3, -0.25) is 19.3 Å². The van der Waals surface area contributed by atoms with E-state index in [9.17, 15) is 14.4 Å². The molecule has 1 fully saturated rings. The fourth-order valence-electron chi connectivity index (χ4n) is 1.78. The average molecular weight is 241 g/mol. The van der Waals surface area contributed by atoms with Gasteiger partial charge in [0.1, 0.15) is 6.04 Å². The van der Waals surface area contributed by atoms with E-state index in [0.717, 1.165) is 11.3 Å². The van der Waals surface area contributed by atoms with Crippen LogP contribution in [0.5, 0.6) is 0 Å². The predicted molar refractivity (Wildman–Crippen MR) is 61.8 cm³/mol. The number of nitrogens with zero attached hydrogens (tertiary/aromatic N) is 1. The van der Waals surface area contributed by atoms with E-state index >= 15 is 0 Å². The highest BCUT2D eigenvalue weighted by Gasteiger charge is 2.36. The molecule has 3 amide bonds. The Morgan fingerprint density at radius 1 is 1.59 bits per heavy atom. The van der Waals surface area contributed by atoms with Crippen molar-refractivity contribution < 1.29 is 14.4 Å². The van der Waals surface area contributed by atoms with Gasteiger partial charge in [0.15, 0.2) is 0 Å². The lowest BCUT2D eigenvalue weighted by molar-refractivity contribution is -0.138. The third-order valence-electron chi connectivity index (χ3n) is 3.10. The third kappa shape index (κ3) is 3.26. The standard InChI is InChI=1S/C11H19N3O3/c1-3-7(6-12)4-9(15)13-8-5-10(16)14(2)11(8)17/h7-8H,3-6,12H2,1-2H3,(H,13,15). The minimum absolute atomic E-state index is 0.0560. The summed E-state index contributed by atoms with van der Waals surface area (Å²) in [5.41, 5.74) is 5.50. The van der Waals surface area contributed by atoms with Crippen LogP contribution in [0.25, 0.3) is 0 Å². The van der Waals surface area contributed by atoms with E-state index in [1.165, 1.54) is 7.05 Å². The Hall–Kier alpha value is -1.43. The number of imide groups is 1. The van der Waals surface area contributed by atoms with Gasteiger partial charge in [0.05, 0.1) is 6.42 Å². The molecular weight excluding hydrogens is 222 g/mol. The number of nitrogens with one attached hydrogen (secondary N) is 1. The van der Waals surface area contributed by atoms with Crippen LogP contribution in [-0.2, 0) is 14.4 Å². The first kappa shape index (κ1) is 13.6. The SMILES string of the molecule is CCC(CN)CC(=O)NC1CC(=O)N(C)C1=O. The Balaban J connectivity index is 2.47. The van der Waals surface area contributed by atoms with Crippen molar-refractivity contribution in [2.75, 3.05) is 13.6 Å². The topological polar surface area (TPSA) is 92.5 Å². The van der Waals surface area contributed by atoms with Crippen molar-refractivity contribution in [2.45, 2.75) is 32.2 Å². The molecule has 1 heterocycles. The van der Waals surface area contributed by atoms with Gasteiger partial charge < -0.3 is 11.1 Å². The fourth-order valence-corrected chi connectivity index (χ4v) is 1.78. The van der Waals surface area contributed by atoms with Crippen molar-refractivity contribution in [3.05, 3.63) is 0 Å². The van der Waals surface area contributed by atoms with E-state index in [2.05, 4.69) is 5.32 Å². The first-order valence-electron chi connectivity index (χ1n) is 5.79. The molecule has 0 radical (unpaired) electrons. The number of carbonyl (C=O) groups is 3. The Labute approximate surface area is 101 Å². The molecule has 0 aliphatic carbocycles. The first-order valence-corrected chi connectivity index (χ1v) is 5.79. The maximum absolute atomic E-state index is 11.6. The molecule has 2 atom stereocenters. The van der Waals surface area contributed by atoms with Crippen molar-refractivity contribution in [3.63, 3.8) is 0 Å². The highest BCUT2D eigenvalue weighted by molar-refractivity contribution is 6.06. The number of hydrogen-bond donors (Lipinski definition) is 2. The van der Waals surface area contributed by atoms with Gasteiger partial charge in [-0.05, 0) is 12.5 Å². The van der Waals surface area contributed by atoms with Gasteiger partial charge in [-0.25, -0.2) is 0 Å². The van der Waals surface area contributed by atoms with Crippen LogP contribution in [0.15, 0.2) is 0 Å². The Kier molecular flexibility index (Phi) is 4.62. The number of likely N-dealkylation sites (N-methyl/N-ethyl adjacent to an activating group) is 1. The second-order valence-corrected chi connectivity index (χ2v) is 4.33. The van der Waals surface area contributed by atoms with Gasteiger partial charge in [0.2, 0.25) is 11.8 Å². The molecule has 1 saturated heterocycles. The molecule has 1 aliphatic rings. The van der Waals surface area contributed by atoms with Crippen LogP contribution in [0.2, 0.25) is 0 Å². The summed E-state index contributed by atoms with van der Waals surface area (Å²) in [6.07, 6.45) is 1.18. The highest BCUT2D eigenvalue weighted by atomic mass is 16.2. The molecule has 0 bridgehead atoms. The zero-order valence-electron chi connectivity index (χ0n) is 10.2. The Morgan fingerprint density at radius 2 is 2.24 bits per heavy atom. The largest absolute Gasteiger partial charge is 0.344 e. The zero-order chi connectivity index (χ0) is 13.0. The molecule has 0 aromatic heterocycles. The zero-order valence-corrected chi connectivity index (χ0v) is 10.2. The van der Waals surface area contributed by atoms with E-state index in [-0.39, 0.29) is 30.1 Å². The molecule has 6 nitrogen and oxygen atoms in total. The second-order valence-electron chi connectivity index (χ2n) is 4.33. The van der Waals surface area contributed by atoms with Gasteiger partial charge in [-0.15, -0.1) is 0 Å². The normalized spacial score (nSPS) is 21.8. The lowest BCUT2D eigenvalue weighted by Crippen LogP contribution is -2.41. The number of likely N-dealkylation sites (tertiary alicyclic amines) is 1. The maximum atomic E-state index is 11.6. The van der Waals surface area contributed by atoms with Crippen LogP contribution in [-0.4, -0.2) is 42.3 Å². The first-order chi connectivity index (χ1) is 7.99. The van der Waals surface area contributed by atoms with E-state index in [4.69, 9.17) is 5.73 Å². The number of hydrogen-bond acceptors (Lipinski definition) is 4. The van der Waals surface area contributed by atoms with Crippen molar-refractivity contribution in [2.24, 2.45) is 11.7 Å². The molecule has 1 rings (SSSR count). The van der Waals surface area contributed by atoms with Crippen molar-refractivity contribution >= 4 is 17.7 Å². The number of rotatable bonds is 5. The fraction of sp³-hybridized carbons (Fsp3) is 0.727. The van der Waals surface area contributed by atoms with Gasteiger partial charge in [0.25, 0.3) is 5.91 Å². The molecule has 17 heavy (non-hydrogen) atoms. The predicted octanol–water partition coefficient (Wildman–Crippen LogP) is -0.765. The summed E-state index contributed by atoms with van der Waals surface area (Å²) in [7, 11) is 1.42. The van der Waals surface area contributed by atoms with Crippen LogP contribution >= 0.6 is 0 Å². The summed E-state index contributed by atoms with van der Waals surface area (Å²) < 4.78 is 0. The van der Waals surface area contributed by atoms with Crippen molar-refractivity contribution in [1.29, 1.82) is 0 Å². The molecule has 0 spiro atoms. The van der Waals surface area contributed by atoms with Gasteiger partial charge >= 0.3 is 0 Å². The average Bonchev–Trinajstić information content (AvgIpc) is 2.54. The van der Waals surface area contributed by atoms with Crippen LogP contribution in [0.4, 0.5) is 0 Å². The molecule has 0 saturated carbocycles. The summed E-state index contributed by atoms with van der Waals surface area (Å²) >= 11 is 0. The van der Waals surface area contributed by atoms with Crippen LogP contribution in [0, 0.1) is 5.92 Å². The van der Waals surface area contributed by atoms with Crippen molar-refractivity contribution in [3.8, 4) is 0 Å². The second kappa shape index (κ2) is 5.77. The van der Waals surface area contributed by atoms with Crippen molar-refractivity contribution in [1.82, 2.24) is 10.2 Å². The van der Waals surface area contributed by atoms with Gasteiger partial charge in [0, 0.05) is 13.5 Å². The molecule has 1 aliphatic heterocycles. The smallest absolute Gasteiger partial charge is 0.252 e.